The highest BCUT2D eigenvalue weighted by atomic mass is 31.2. The van der Waals surface area contributed by atoms with Crippen molar-refractivity contribution in [1.29, 1.82) is 0 Å². The summed E-state index contributed by atoms with van der Waals surface area (Å²) in [5.41, 5.74) is 0. The zero-order chi connectivity index (χ0) is 62.8. The number of ether oxygens (including phenoxy) is 1. The fraction of sp³-hybridized carbons (Fsp3) is 0.789. The SMILES string of the molecule is CC/C=C\C/C=C\C/C=C\C/C=C\C/C=C\C/C=C\CCCCC(=O)OC(/C=C/CCCCCCCCCCCC)C(COP(=O)([O-])OCC[N+](C)(C)C)NC(=O)CCCCCCCCCCCCCCCCCCCCCCCCCCCCC. The molecule has 3 unspecified atom stereocenters. The second-order valence-electron chi connectivity index (χ2n) is 25.7. The van der Waals surface area contributed by atoms with E-state index in [4.69, 9.17) is 13.8 Å². The van der Waals surface area contributed by atoms with Crippen molar-refractivity contribution in [2.24, 2.45) is 0 Å². The number of hydrogen-bond donors (Lipinski definition) is 1. The molecule has 0 heterocycles. The van der Waals surface area contributed by atoms with Gasteiger partial charge in [0, 0.05) is 12.8 Å². The lowest BCUT2D eigenvalue weighted by molar-refractivity contribution is -0.870. The third kappa shape index (κ3) is 65.6. The summed E-state index contributed by atoms with van der Waals surface area (Å²) >= 11 is 0. The number of nitrogens with zero attached hydrogens (tertiary/aromatic N) is 1. The maximum absolute atomic E-state index is 13.6. The molecule has 0 bridgehead atoms. The molecule has 0 aromatic rings. The minimum Gasteiger partial charge on any atom is -0.756 e. The van der Waals surface area contributed by atoms with Crippen LogP contribution in [0.15, 0.2) is 85.1 Å². The average molecular weight is 1220 g/mol. The van der Waals surface area contributed by atoms with Crippen molar-refractivity contribution in [1.82, 2.24) is 5.32 Å². The molecule has 0 aliphatic rings. The number of allylic oxidation sites excluding steroid dienone is 13. The van der Waals surface area contributed by atoms with Gasteiger partial charge in [-0.05, 0) is 83.1 Å². The van der Waals surface area contributed by atoms with Gasteiger partial charge in [0.15, 0.2) is 0 Å². The van der Waals surface area contributed by atoms with Gasteiger partial charge >= 0.3 is 5.97 Å². The first-order valence-electron chi connectivity index (χ1n) is 36.4. The van der Waals surface area contributed by atoms with Crippen LogP contribution in [-0.2, 0) is 27.9 Å². The number of unbranched alkanes of at least 4 members (excludes halogenated alkanes) is 38. The van der Waals surface area contributed by atoms with E-state index in [1.54, 1.807) is 0 Å². The van der Waals surface area contributed by atoms with Crippen LogP contribution in [-0.4, -0.2) is 69.4 Å². The molecule has 0 fully saturated rings. The highest BCUT2D eigenvalue weighted by Crippen LogP contribution is 2.38. The van der Waals surface area contributed by atoms with Crippen LogP contribution in [0.5, 0.6) is 0 Å². The normalized spacial score (nSPS) is 14.0. The van der Waals surface area contributed by atoms with Crippen LogP contribution in [0.2, 0.25) is 0 Å². The number of rotatable bonds is 66. The molecule has 1 amide bonds. The quantitative estimate of drug-likeness (QED) is 0.0212. The molecule has 500 valence electrons. The number of hydrogen-bond acceptors (Lipinski definition) is 7. The summed E-state index contributed by atoms with van der Waals surface area (Å²) in [6.45, 7) is 6.74. The minimum atomic E-state index is -4.72. The van der Waals surface area contributed by atoms with Crippen molar-refractivity contribution >= 4 is 19.7 Å². The zero-order valence-electron chi connectivity index (χ0n) is 57.3. The van der Waals surface area contributed by atoms with Crippen LogP contribution in [0.3, 0.4) is 0 Å². The Balaban J connectivity index is 5.06. The van der Waals surface area contributed by atoms with Crippen molar-refractivity contribution in [3.05, 3.63) is 85.1 Å². The molecule has 9 nitrogen and oxygen atoms in total. The van der Waals surface area contributed by atoms with Gasteiger partial charge in [-0.15, -0.1) is 0 Å². The second-order valence-corrected chi connectivity index (χ2v) is 27.1. The molecule has 0 radical (unpaired) electrons. The first kappa shape index (κ1) is 83.2. The molecule has 0 saturated heterocycles. The lowest BCUT2D eigenvalue weighted by Crippen LogP contribution is -2.47. The van der Waals surface area contributed by atoms with Crippen molar-refractivity contribution in [2.45, 2.75) is 348 Å². The number of phosphoric ester groups is 1. The van der Waals surface area contributed by atoms with Crippen LogP contribution >= 0.6 is 7.82 Å². The maximum atomic E-state index is 13.6. The van der Waals surface area contributed by atoms with Gasteiger partial charge < -0.3 is 28.5 Å². The van der Waals surface area contributed by atoms with Crippen molar-refractivity contribution < 1.29 is 37.3 Å². The van der Waals surface area contributed by atoms with Gasteiger partial charge in [0.25, 0.3) is 7.82 Å². The topological polar surface area (TPSA) is 114 Å². The lowest BCUT2D eigenvalue weighted by atomic mass is 10.0. The number of quaternary nitrogens is 1. The first-order chi connectivity index (χ1) is 41.9. The van der Waals surface area contributed by atoms with E-state index in [2.05, 4.69) is 99.0 Å². The molecule has 0 spiro atoms. The van der Waals surface area contributed by atoms with E-state index in [1.807, 2.05) is 33.3 Å². The maximum Gasteiger partial charge on any atom is 0.306 e. The molecule has 0 aliphatic carbocycles. The van der Waals surface area contributed by atoms with Crippen molar-refractivity contribution in [3.63, 3.8) is 0 Å². The molecule has 10 heteroatoms. The summed E-state index contributed by atoms with van der Waals surface area (Å²) < 4.78 is 30.4. The van der Waals surface area contributed by atoms with Crippen molar-refractivity contribution in [3.8, 4) is 0 Å². The standard InChI is InChI=1S/C76H139N2O7P/c1-7-10-13-16-19-22-25-28-30-32-34-36-37-38-39-40-41-43-44-46-48-50-53-56-59-62-65-68-75(79)77-73(72-84-86(81,82)83-71-70-78(4,5)6)74(67-64-61-58-55-52-27-24-21-18-15-12-9-3)85-76(80)69-66-63-60-57-54-51-49-47-45-42-35-33-31-29-26-23-20-17-14-11-8-2/h11,14,20,23,29,31,35,42,47,49,54,57,64,67,73-74H,7-10,12-13,15-19,21-22,24-28,30,32-34,36-41,43-46,48,50-53,55-56,58-63,65-66,68-72H2,1-6H3,(H-,77,79,81,82)/b14-11-,23-20-,31-29-,42-35-,49-47-,57-54-,67-64+. The summed E-state index contributed by atoms with van der Waals surface area (Å²) in [5, 5.41) is 3.03. The fourth-order valence-corrected chi connectivity index (χ4v) is 11.3. The second kappa shape index (κ2) is 65.2. The molecule has 86 heavy (non-hydrogen) atoms. The number of phosphoric acid groups is 1. The van der Waals surface area contributed by atoms with E-state index in [-0.39, 0.29) is 24.9 Å². The van der Waals surface area contributed by atoms with E-state index in [9.17, 15) is 19.0 Å². The third-order valence-electron chi connectivity index (χ3n) is 16.1. The zero-order valence-corrected chi connectivity index (χ0v) is 58.2. The predicted octanol–water partition coefficient (Wildman–Crippen LogP) is 22.7. The Kier molecular flexibility index (Phi) is 63.0. The molecule has 0 rings (SSSR count). The van der Waals surface area contributed by atoms with Gasteiger partial charge in [0.1, 0.15) is 19.3 Å². The third-order valence-corrected chi connectivity index (χ3v) is 17.1. The Hall–Kier alpha value is -2.81. The molecular weight excluding hydrogens is 1080 g/mol. The summed E-state index contributed by atoms with van der Waals surface area (Å²) in [7, 11) is 1.16. The van der Waals surface area contributed by atoms with Crippen LogP contribution < -0.4 is 10.2 Å². The molecule has 3 atom stereocenters. The highest BCUT2D eigenvalue weighted by Gasteiger charge is 2.27. The van der Waals surface area contributed by atoms with Gasteiger partial charge in [-0.1, -0.05) is 324 Å². The number of carbonyl (C=O) groups is 2. The number of carbonyl (C=O) groups excluding carboxylic acids is 2. The Morgan fingerprint density at radius 3 is 1.13 bits per heavy atom. The number of esters is 1. The van der Waals surface area contributed by atoms with Gasteiger partial charge in [-0.3, -0.25) is 14.2 Å². The van der Waals surface area contributed by atoms with Crippen molar-refractivity contribution in [2.75, 3.05) is 40.9 Å². The number of amides is 1. The number of likely N-dealkylation sites (N-methyl/N-ethyl adjacent to an activating group) is 1. The number of nitrogens with one attached hydrogen (secondary N) is 1. The van der Waals surface area contributed by atoms with E-state index in [0.29, 0.717) is 23.9 Å². The molecule has 0 aromatic heterocycles. The van der Waals surface area contributed by atoms with E-state index < -0.39 is 26.6 Å². The molecule has 0 aliphatic heterocycles. The molecule has 1 N–H and O–H groups in total. The summed E-state index contributed by atoms with van der Waals surface area (Å²) in [6.07, 6.45) is 87.3. The molecule has 0 aromatic carbocycles. The smallest absolute Gasteiger partial charge is 0.306 e. The van der Waals surface area contributed by atoms with E-state index in [0.717, 1.165) is 89.9 Å². The Bertz CT molecular complexity index is 1750. The first-order valence-corrected chi connectivity index (χ1v) is 37.9. The summed E-state index contributed by atoms with van der Waals surface area (Å²) in [6, 6.07) is -0.910. The largest absolute Gasteiger partial charge is 0.756 e. The Morgan fingerprint density at radius 1 is 0.419 bits per heavy atom. The Labute approximate surface area is 533 Å². The predicted molar refractivity (Wildman–Crippen MR) is 371 cm³/mol. The molecular formula is C76H139N2O7P. The minimum absolute atomic E-state index is 0.0311. The van der Waals surface area contributed by atoms with E-state index >= 15 is 0 Å². The highest BCUT2D eigenvalue weighted by molar-refractivity contribution is 7.45. The average Bonchev–Trinajstić information content (AvgIpc) is 3.69. The van der Waals surface area contributed by atoms with Gasteiger partial charge in [-0.2, -0.15) is 0 Å². The van der Waals surface area contributed by atoms with Crippen LogP contribution in [0.4, 0.5) is 0 Å². The van der Waals surface area contributed by atoms with Crippen LogP contribution in [0.25, 0.3) is 0 Å². The van der Waals surface area contributed by atoms with Crippen LogP contribution in [0, 0.1) is 0 Å². The van der Waals surface area contributed by atoms with E-state index in [1.165, 1.54) is 205 Å². The van der Waals surface area contributed by atoms with Gasteiger partial charge in [0.05, 0.1) is 33.8 Å². The lowest BCUT2D eigenvalue weighted by Gasteiger charge is -2.30. The van der Waals surface area contributed by atoms with Crippen LogP contribution in [0.1, 0.15) is 335 Å². The Morgan fingerprint density at radius 2 is 0.744 bits per heavy atom. The van der Waals surface area contributed by atoms with Gasteiger partial charge in [0.2, 0.25) is 5.91 Å². The summed E-state index contributed by atoms with van der Waals surface area (Å²) in [5.74, 6) is -0.582. The fourth-order valence-electron chi connectivity index (χ4n) is 10.5. The van der Waals surface area contributed by atoms with Gasteiger partial charge in [-0.25, -0.2) is 0 Å². The monoisotopic (exact) mass is 1220 g/mol. The summed E-state index contributed by atoms with van der Waals surface area (Å²) in [4.78, 5) is 40.2. The molecule has 0 saturated carbocycles.